The molecule has 1 saturated heterocycles. The van der Waals surface area contributed by atoms with E-state index in [2.05, 4.69) is 54.1 Å². The molecule has 1 aliphatic rings. The highest BCUT2D eigenvalue weighted by Gasteiger charge is 2.05. The molecule has 0 amide bonds. The molecule has 0 spiro atoms. The first kappa shape index (κ1) is 14.1. The van der Waals surface area contributed by atoms with E-state index in [9.17, 15) is 0 Å². The Morgan fingerprint density at radius 1 is 1.16 bits per heavy atom. The van der Waals surface area contributed by atoms with Gasteiger partial charge in [0.05, 0.1) is 6.54 Å². The van der Waals surface area contributed by atoms with E-state index in [-0.39, 0.29) is 0 Å². The molecule has 1 aromatic carbocycles. The van der Waals surface area contributed by atoms with E-state index in [0.717, 1.165) is 32.6 Å². The van der Waals surface area contributed by atoms with Crippen LogP contribution in [0.2, 0.25) is 0 Å². The molecule has 2 nitrogen and oxygen atoms in total. The summed E-state index contributed by atoms with van der Waals surface area (Å²) in [5.41, 5.74) is 4.03. The van der Waals surface area contributed by atoms with Gasteiger partial charge in [-0.05, 0) is 37.9 Å². The second kappa shape index (κ2) is 7.33. The minimum Gasteiger partial charge on any atom is -0.315 e. The van der Waals surface area contributed by atoms with Crippen molar-refractivity contribution in [3.8, 4) is 11.8 Å². The zero-order valence-electron chi connectivity index (χ0n) is 12.1. The summed E-state index contributed by atoms with van der Waals surface area (Å²) in [7, 11) is 0. The fourth-order valence-electron chi connectivity index (χ4n) is 2.38. The average molecular weight is 256 g/mol. The van der Waals surface area contributed by atoms with Crippen molar-refractivity contribution in [3.63, 3.8) is 0 Å². The van der Waals surface area contributed by atoms with E-state index in [0.29, 0.717) is 0 Å². The van der Waals surface area contributed by atoms with Crippen LogP contribution in [0.5, 0.6) is 0 Å². The first-order chi connectivity index (χ1) is 9.25. The zero-order chi connectivity index (χ0) is 13.5. The molecule has 0 aliphatic carbocycles. The molecule has 1 N–H and O–H groups in total. The number of rotatable bonds is 2. The average Bonchev–Trinajstić information content (AvgIpc) is 2.67. The zero-order valence-corrected chi connectivity index (χ0v) is 12.1. The van der Waals surface area contributed by atoms with Crippen LogP contribution >= 0.6 is 0 Å². The number of hydrogen-bond donors (Lipinski definition) is 1. The highest BCUT2D eigenvalue weighted by atomic mass is 15.1. The largest absolute Gasteiger partial charge is 0.315 e. The second-order valence-corrected chi connectivity index (χ2v) is 5.34. The maximum Gasteiger partial charge on any atom is 0.0602 e. The monoisotopic (exact) mass is 256 g/mol. The smallest absolute Gasteiger partial charge is 0.0602 e. The minimum absolute atomic E-state index is 0.875. The van der Waals surface area contributed by atoms with Crippen LogP contribution in [0.15, 0.2) is 18.2 Å². The lowest BCUT2D eigenvalue weighted by Gasteiger charge is -2.15. The van der Waals surface area contributed by atoms with Crippen molar-refractivity contribution in [2.75, 3.05) is 32.7 Å². The summed E-state index contributed by atoms with van der Waals surface area (Å²) in [4.78, 5) is 2.44. The second-order valence-electron chi connectivity index (χ2n) is 5.34. The standard InChI is InChI=1S/C17H24N2/c1-15-7-8-16(2)17(14-15)6-3-4-11-19-12-5-9-18-10-13-19/h7-8,14,18H,5-6,9-13H2,1-2H3. The van der Waals surface area contributed by atoms with Crippen LogP contribution < -0.4 is 5.32 Å². The van der Waals surface area contributed by atoms with Crippen LogP contribution in [-0.2, 0) is 6.42 Å². The van der Waals surface area contributed by atoms with E-state index in [1.165, 1.54) is 29.7 Å². The summed E-state index contributed by atoms with van der Waals surface area (Å²) < 4.78 is 0. The van der Waals surface area contributed by atoms with Crippen molar-refractivity contribution in [3.05, 3.63) is 34.9 Å². The van der Waals surface area contributed by atoms with Crippen LogP contribution in [0.3, 0.4) is 0 Å². The molecule has 19 heavy (non-hydrogen) atoms. The van der Waals surface area contributed by atoms with Crippen molar-refractivity contribution >= 4 is 0 Å². The maximum absolute atomic E-state index is 3.42. The van der Waals surface area contributed by atoms with Gasteiger partial charge in [0.15, 0.2) is 0 Å². The Bertz CT molecular complexity index is 460. The number of hydrogen-bond acceptors (Lipinski definition) is 2. The van der Waals surface area contributed by atoms with E-state index in [1.807, 2.05) is 0 Å². The predicted octanol–water partition coefficient (Wildman–Crippen LogP) is 2.14. The summed E-state index contributed by atoms with van der Waals surface area (Å²) in [6, 6.07) is 6.60. The third kappa shape index (κ3) is 4.70. The van der Waals surface area contributed by atoms with Gasteiger partial charge in [-0.15, -0.1) is 0 Å². The fourth-order valence-corrected chi connectivity index (χ4v) is 2.38. The Labute approximate surface area is 117 Å². The van der Waals surface area contributed by atoms with E-state index in [4.69, 9.17) is 0 Å². The molecule has 0 saturated carbocycles. The van der Waals surface area contributed by atoms with Crippen molar-refractivity contribution < 1.29 is 0 Å². The predicted molar refractivity (Wildman–Crippen MR) is 81.3 cm³/mol. The molecule has 0 aromatic heterocycles. The first-order valence-electron chi connectivity index (χ1n) is 7.20. The molecular formula is C17H24N2. The van der Waals surface area contributed by atoms with E-state index in [1.54, 1.807) is 0 Å². The molecule has 102 valence electrons. The van der Waals surface area contributed by atoms with Crippen molar-refractivity contribution in [2.24, 2.45) is 0 Å². The fraction of sp³-hybridized carbons (Fsp3) is 0.529. The van der Waals surface area contributed by atoms with Gasteiger partial charge in [-0.3, -0.25) is 4.90 Å². The van der Waals surface area contributed by atoms with Crippen LogP contribution in [0.1, 0.15) is 23.1 Å². The quantitative estimate of drug-likeness (QED) is 0.816. The van der Waals surface area contributed by atoms with Crippen LogP contribution in [0.25, 0.3) is 0 Å². The highest BCUT2D eigenvalue weighted by molar-refractivity contribution is 5.33. The van der Waals surface area contributed by atoms with Crippen molar-refractivity contribution in [1.29, 1.82) is 0 Å². The Balaban J connectivity index is 1.85. The van der Waals surface area contributed by atoms with Crippen LogP contribution in [-0.4, -0.2) is 37.6 Å². The molecule has 0 atom stereocenters. The molecule has 1 heterocycles. The molecular weight excluding hydrogens is 232 g/mol. The lowest BCUT2D eigenvalue weighted by Crippen LogP contribution is -2.28. The number of aryl methyl sites for hydroxylation is 2. The van der Waals surface area contributed by atoms with Gasteiger partial charge in [-0.2, -0.15) is 0 Å². The van der Waals surface area contributed by atoms with Gasteiger partial charge in [-0.25, -0.2) is 0 Å². The summed E-state index contributed by atoms with van der Waals surface area (Å²) in [5, 5.41) is 3.42. The SMILES string of the molecule is Cc1ccc(C)c(CC#CCN2CCCNCC2)c1. The third-order valence-electron chi connectivity index (χ3n) is 3.64. The van der Waals surface area contributed by atoms with E-state index >= 15 is 0 Å². The van der Waals surface area contributed by atoms with Gasteiger partial charge in [0.2, 0.25) is 0 Å². The lowest BCUT2D eigenvalue weighted by molar-refractivity contribution is 0.329. The topological polar surface area (TPSA) is 15.3 Å². The molecule has 0 bridgehead atoms. The number of nitrogens with one attached hydrogen (secondary N) is 1. The molecule has 0 unspecified atom stereocenters. The number of nitrogens with zero attached hydrogens (tertiary/aromatic N) is 1. The van der Waals surface area contributed by atoms with Gasteiger partial charge in [0, 0.05) is 26.1 Å². The highest BCUT2D eigenvalue weighted by Crippen LogP contribution is 2.10. The normalized spacial score (nSPS) is 16.5. The number of benzene rings is 1. The summed E-state index contributed by atoms with van der Waals surface area (Å²) in [5.74, 6) is 6.65. The summed E-state index contributed by atoms with van der Waals surface area (Å²) in [6.45, 7) is 9.75. The molecule has 1 aromatic rings. The Morgan fingerprint density at radius 2 is 2.05 bits per heavy atom. The molecule has 2 rings (SSSR count). The van der Waals surface area contributed by atoms with Crippen molar-refractivity contribution in [2.45, 2.75) is 26.7 Å². The third-order valence-corrected chi connectivity index (χ3v) is 3.64. The minimum atomic E-state index is 0.875. The molecule has 2 heteroatoms. The Hall–Kier alpha value is -1.30. The van der Waals surface area contributed by atoms with Gasteiger partial charge in [0.25, 0.3) is 0 Å². The van der Waals surface area contributed by atoms with Gasteiger partial charge in [0.1, 0.15) is 0 Å². The van der Waals surface area contributed by atoms with Gasteiger partial charge in [-0.1, -0.05) is 35.6 Å². The Morgan fingerprint density at radius 3 is 2.95 bits per heavy atom. The summed E-state index contributed by atoms with van der Waals surface area (Å²) in [6.07, 6.45) is 2.11. The van der Waals surface area contributed by atoms with Crippen LogP contribution in [0.4, 0.5) is 0 Å². The maximum atomic E-state index is 3.42. The van der Waals surface area contributed by atoms with E-state index < -0.39 is 0 Å². The van der Waals surface area contributed by atoms with Gasteiger partial charge >= 0.3 is 0 Å². The Kier molecular flexibility index (Phi) is 5.44. The first-order valence-corrected chi connectivity index (χ1v) is 7.20. The summed E-state index contributed by atoms with van der Waals surface area (Å²) >= 11 is 0. The molecule has 1 aliphatic heterocycles. The molecule has 0 radical (unpaired) electrons. The van der Waals surface area contributed by atoms with Crippen LogP contribution in [0, 0.1) is 25.7 Å². The van der Waals surface area contributed by atoms with Crippen molar-refractivity contribution in [1.82, 2.24) is 10.2 Å². The lowest BCUT2D eigenvalue weighted by atomic mass is 10.0. The van der Waals surface area contributed by atoms with Gasteiger partial charge < -0.3 is 5.32 Å². The molecule has 1 fully saturated rings.